The van der Waals surface area contributed by atoms with E-state index in [4.69, 9.17) is 4.74 Å². The summed E-state index contributed by atoms with van der Waals surface area (Å²) in [5.41, 5.74) is 1.27. The van der Waals surface area contributed by atoms with Crippen molar-refractivity contribution >= 4 is 17.0 Å². The molecule has 3 atom stereocenters. The monoisotopic (exact) mass is 321 g/mol. The standard InChI is InChI=1S/C15H23N5O3/c1-2-3-4-5-16-13-12-14(18-8-17-13)20(9-19-12)15-11(22)6-10(7-21)23-15/h8-11,15,21-22H,2-7H2,1H3,(H,16,17,18)/t10-,11+,15+/m0/s1. The van der Waals surface area contributed by atoms with Gasteiger partial charge in [-0.05, 0) is 6.42 Å². The molecule has 2 aromatic heterocycles. The second kappa shape index (κ2) is 7.20. The number of nitrogens with one attached hydrogen (secondary N) is 1. The van der Waals surface area contributed by atoms with Crippen LogP contribution in [0.4, 0.5) is 5.82 Å². The topological polar surface area (TPSA) is 105 Å². The molecule has 0 amide bonds. The van der Waals surface area contributed by atoms with Gasteiger partial charge in [-0.2, -0.15) is 0 Å². The predicted octanol–water partition coefficient (Wildman–Crippen LogP) is 1.07. The summed E-state index contributed by atoms with van der Waals surface area (Å²) in [6.45, 7) is 2.89. The van der Waals surface area contributed by atoms with E-state index in [1.807, 2.05) is 0 Å². The lowest BCUT2D eigenvalue weighted by molar-refractivity contribution is -0.0486. The third kappa shape index (κ3) is 3.29. The molecule has 3 heterocycles. The summed E-state index contributed by atoms with van der Waals surface area (Å²) in [5.74, 6) is 0.691. The van der Waals surface area contributed by atoms with Gasteiger partial charge < -0.3 is 20.3 Å². The van der Waals surface area contributed by atoms with E-state index in [0.717, 1.165) is 13.0 Å². The van der Waals surface area contributed by atoms with Crippen LogP contribution in [0.5, 0.6) is 0 Å². The van der Waals surface area contributed by atoms with Crippen molar-refractivity contribution < 1.29 is 14.9 Å². The van der Waals surface area contributed by atoms with Crippen LogP contribution in [-0.2, 0) is 4.74 Å². The van der Waals surface area contributed by atoms with E-state index in [0.29, 0.717) is 23.4 Å². The SMILES string of the molecule is CCCCCNc1ncnc2c1ncn2[C@@H]1O[C@H](CO)C[C@H]1O. The molecule has 0 aliphatic carbocycles. The molecule has 0 bridgehead atoms. The number of nitrogens with zero attached hydrogens (tertiary/aromatic N) is 4. The molecule has 1 fully saturated rings. The molecule has 8 nitrogen and oxygen atoms in total. The first kappa shape index (κ1) is 16.1. The average Bonchev–Trinajstić information content (AvgIpc) is 3.15. The summed E-state index contributed by atoms with van der Waals surface area (Å²) in [7, 11) is 0. The number of ether oxygens (including phenoxy) is 1. The molecule has 23 heavy (non-hydrogen) atoms. The van der Waals surface area contributed by atoms with E-state index in [9.17, 15) is 10.2 Å². The van der Waals surface area contributed by atoms with E-state index >= 15 is 0 Å². The highest BCUT2D eigenvalue weighted by molar-refractivity contribution is 5.82. The van der Waals surface area contributed by atoms with Gasteiger partial charge in [-0.3, -0.25) is 4.57 Å². The number of hydrogen-bond donors (Lipinski definition) is 3. The Morgan fingerprint density at radius 1 is 1.35 bits per heavy atom. The van der Waals surface area contributed by atoms with Crippen LogP contribution in [0.3, 0.4) is 0 Å². The van der Waals surface area contributed by atoms with Gasteiger partial charge >= 0.3 is 0 Å². The molecule has 126 valence electrons. The molecule has 0 aromatic carbocycles. The third-order valence-electron chi connectivity index (χ3n) is 4.07. The summed E-state index contributed by atoms with van der Waals surface area (Å²) >= 11 is 0. The van der Waals surface area contributed by atoms with Crippen LogP contribution in [0.1, 0.15) is 38.8 Å². The van der Waals surface area contributed by atoms with Gasteiger partial charge in [0.15, 0.2) is 23.2 Å². The molecule has 1 aliphatic rings. The Hall–Kier alpha value is -1.77. The van der Waals surface area contributed by atoms with Crippen molar-refractivity contribution in [2.45, 2.75) is 51.0 Å². The van der Waals surface area contributed by atoms with Crippen molar-refractivity contribution in [2.75, 3.05) is 18.5 Å². The summed E-state index contributed by atoms with van der Waals surface area (Å²) in [6, 6.07) is 0. The molecule has 3 N–H and O–H groups in total. The summed E-state index contributed by atoms with van der Waals surface area (Å²) in [5, 5.41) is 22.6. The van der Waals surface area contributed by atoms with Gasteiger partial charge in [0.25, 0.3) is 0 Å². The number of aliphatic hydroxyl groups excluding tert-OH is 2. The van der Waals surface area contributed by atoms with Crippen LogP contribution < -0.4 is 5.32 Å². The van der Waals surface area contributed by atoms with Crippen LogP contribution >= 0.6 is 0 Å². The minimum absolute atomic E-state index is 0.112. The lowest BCUT2D eigenvalue weighted by Crippen LogP contribution is -2.19. The van der Waals surface area contributed by atoms with Crippen molar-refractivity contribution in [1.82, 2.24) is 19.5 Å². The van der Waals surface area contributed by atoms with Crippen molar-refractivity contribution in [3.8, 4) is 0 Å². The Balaban J connectivity index is 1.81. The first-order valence-corrected chi connectivity index (χ1v) is 8.10. The highest BCUT2D eigenvalue weighted by Gasteiger charge is 2.35. The second-order valence-corrected chi connectivity index (χ2v) is 5.81. The zero-order chi connectivity index (χ0) is 16.2. The number of anilines is 1. The maximum absolute atomic E-state index is 10.1. The van der Waals surface area contributed by atoms with Gasteiger partial charge in [0.2, 0.25) is 0 Å². The predicted molar refractivity (Wildman–Crippen MR) is 85.0 cm³/mol. The van der Waals surface area contributed by atoms with E-state index in [1.54, 1.807) is 10.9 Å². The minimum atomic E-state index is -0.694. The summed E-state index contributed by atoms with van der Waals surface area (Å²) in [6.07, 6.45) is 5.25. The van der Waals surface area contributed by atoms with Crippen molar-refractivity contribution in [1.29, 1.82) is 0 Å². The molecule has 8 heteroatoms. The average molecular weight is 321 g/mol. The van der Waals surface area contributed by atoms with Crippen molar-refractivity contribution in [3.63, 3.8) is 0 Å². The molecule has 3 rings (SSSR count). The fourth-order valence-corrected chi connectivity index (χ4v) is 2.85. The number of imidazole rings is 1. The summed E-state index contributed by atoms with van der Waals surface area (Å²) < 4.78 is 7.37. The number of fused-ring (bicyclic) bond motifs is 1. The van der Waals surface area contributed by atoms with Crippen LogP contribution in [0.2, 0.25) is 0 Å². The number of hydrogen-bond acceptors (Lipinski definition) is 7. The minimum Gasteiger partial charge on any atom is -0.394 e. The largest absolute Gasteiger partial charge is 0.394 e. The Labute approximate surface area is 134 Å². The number of unbranched alkanes of at least 4 members (excludes halogenated alkanes) is 2. The lowest BCUT2D eigenvalue weighted by atomic mass is 10.2. The zero-order valence-electron chi connectivity index (χ0n) is 13.2. The van der Waals surface area contributed by atoms with Crippen LogP contribution in [0, 0.1) is 0 Å². The fraction of sp³-hybridized carbons (Fsp3) is 0.667. The molecule has 0 unspecified atom stereocenters. The Kier molecular flexibility index (Phi) is 5.04. The third-order valence-corrected chi connectivity index (χ3v) is 4.07. The quantitative estimate of drug-likeness (QED) is 0.655. The first-order valence-electron chi connectivity index (χ1n) is 8.10. The maximum atomic E-state index is 10.1. The van der Waals surface area contributed by atoms with Crippen LogP contribution in [-0.4, -0.2) is 55.1 Å². The lowest BCUT2D eigenvalue weighted by Gasteiger charge is -2.16. The van der Waals surface area contributed by atoms with Crippen molar-refractivity contribution in [3.05, 3.63) is 12.7 Å². The fourth-order valence-electron chi connectivity index (χ4n) is 2.85. The second-order valence-electron chi connectivity index (χ2n) is 5.81. The van der Waals surface area contributed by atoms with Crippen LogP contribution in [0.15, 0.2) is 12.7 Å². The van der Waals surface area contributed by atoms with E-state index < -0.39 is 12.3 Å². The molecule has 0 radical (unpaired) electrons. The van der Waals surface area contributed by atoms with Gasteiger partial charge in [-0.1, -0.05) is 19.8 Å². The normalized spacial score (nSPS) is 24.4. The molecular weight excluding hydrogens is 298 g/mol. The van der Waals surface area contributed by atoms with Gasteiger partial charge in [-0.25, -0.2) is 15.0 Å². The maximum Gasteiger partial charge on any atom is 0.167 e. The molecular formula is C15H23N5O3. The Morgan fingerprint density at radius 2 is 2.22 bits per heavy atom. The van der Waals surface area contributed by atoms with Gasteiger partial charge in [-0.15, -0.1) is 0 Å². The van der Waals surface area contributed by atoms with E-state index in [1.165, 1.54) is 19.2 Å². The Bertz CT molecular complexity index is 647. The van der Waals surface area contributed by atoms with Crippen molar-refractivity contribution in [2.24, 2.45) is 0 Å². The molecule has 0 saturated carbocycles. The zero-order valence-corrected chi connectivity index (χ0v) is 13.2. The van der Waals surface area contributed by atoms with Crippen LogP contribution in [0.25, 0.3) is 11.2 Å². The summed E-state index contributed by atoms with van der Waals surface area (Å²) in [4.78, 5) is 12.9. The number of aliphatic hydroxyl groups is 2. The molecule has 1 saturated heterocycles. The molecule has 0 spiro atoms. The molecule has 1 aliphatic heterocycles. The number of rotatable bonds is 7. The van der Waals surface area contributed by atoms with Gasteiger partial charge in [0.1, 0.15) is 12.4 Å². The first-order chi connectivity index (χ1) is 11.2. The van der Waals surface area contributed by atoms with E-state index in [-0.39, 0.29) is 12.7 Å². The number of aromatic nitrogens is 4. The molecule has 2 aromatic rings. The smallest absolute Gasteiger partial charge is 0.167 e. The van der Waals surface area contributed by atoms with Gasteiger partial charge in [0, 0.05) is 13.0 Å². The highest BCUT2D eigenvalue weighted by atomic mass is 16.5. The highest BCUT2D eigenvalue weighted by Crippen LogP contribution is 2.31. The Morgan fingerprint density at radius 3 is 2.96 bits per heavy atom. The van der Waals surface area contributed by atoms with E-state index in [2.05, 4.69) is 27.2 Å². The van der Waals surface area contributed by atoms with Gasteiger partial charge in [0.05, 0.1) is 19.0 Å².